The lowest BCUT2D eigenvalue weighted by Crippen LogP contribution is -2.39. The van der Waals surface area contributed by atoms with Crippen LogP contribution in [0, 0.1) is 0 Å². The SMILES string of the molecule is CC(C)N(CCOc1cc(N)nc(C2CC2)n1)C(C)C. The molecule has 1 aliphatic rings. The molecule has 0 atom stereocenters. The van der Waals surface area contributed by atoms with Gasteiger partial charge in [-0.2, -0.15) is 4.98 Å². The zero-order chi connectivity index (χ0) is 14.7. The molecule has 1 heterocycles. The lowest BCUT2D eigenvalue weighted by atomic mass is 10.2. The van der Waals surface area contributed by atoms with Gasteiger partial charge in [-0.3, -0.25) is 4.90 Å². The Morgan fingerprint density at radius 1 is 1.25 bits per heavy atom. The van der Waals surface area contributed by atoms with Gasteiger partial charge in [-0.15, -0.1) is 0 Å². The Labute approximate surface area is 121 Å². The van der Waals surface area contributed by atoms with Crippen molar-refractivity contribution in [3.05, 3.63) is 11.9 Å². The first-order chi connectivity index (χ1) is 9.47. The molecule has 1 fully saturated rings. The zero-order valence-corrected chi connectivity index (χ0v) is 13.0. The number of nitrogen functional groups attached to an aromatic ring is 1. The van der Waals surface area contributed by atoms with Gasteiger partial charge in [0.2, 0.25) is 5.88 Å². The molecule has 5 nitrogen and oxygen atoms in total. The minimum Gasteiger partial charge on any atom is -0.476 e. The average molecular weight is 278 g/mol. The van der Waals surface area contributed by atoms with Crippen LogP contribution >= 0.6 is 0 Å². The van der Waals surface area contributed by atoms with E-state index in [-0.39, 0.29) is 0 Å². The van der Waals surface area contributed by atoms with Crippen molar-refractivity contribution in [2.24, 2.45) is 0 Å². The van der Waals surface area contributed by atoms with Crippen LogP contribution in [0.2, 0.25) is 0 Å². The van der Waals surface area contributed by atoms with Gasteiger partial charge < -0.3 is 10.5 Å². The lowest BCUT2D eigenvalue weighted by molar-refractivity contribution is 0.140. The largest absolute Gasteiger partial charge is 0.476 e. The maximum absolute atomic E-state index is 5.81. The fourth-order valence-electron chi connectivity index (χ4n) is 2.43. The minimum absolute atomic E-state index is 0.490. The fraction of sp³-hybridized carbons (Fsp3) is 0.733. The van der Waals surface area contributed by atoms with E-state index in [4.69, 9.17) is 10.5 Å². The summed E-state index contributed by atoms with van der Waals surface area (Å²) in [7, 11) is 0. The second-order valence-electron chi connectivity index (χ2n) is 6.04. The van der Waals surface area contributed by atoms with Gasteiger partial charge in [0.15, 0.2) is 0 Å². The van der Waals surface area contributed by atoms with E-state index in [1.807, 2.05) is 0 Å². The highest BCUT2D eigenvalue weighted by Gasteiger charge is 2.27. The fourth-order valence-corrected chi connectivity index (χ4v) is 2.43. The summed E-state index contributed by atoms with van der Waals surface area (Å²) < 4.78 is 5.76. The monoisotopic (exact) mass is 278 g/mol. The average Bonchev–Trinajstić information content (AvgIpc) is 3.17. The van der Waals surface area contributed by atoms with E-state index in [1.54, 1.807) is 6.07 Å². The first-order valence-corrected chi connectivity index (χ1v) is 7.50. The van der Waals surface area contributed by atoms with Crippen molar-refractivity contribution in [1.29, 1.82) is 0 Å². The second-order valence-corrected chi connectivity index (χ2v) is 6.04. The lowest BCUT2D eigenvalue weighted by Gasteiger charge is -2.30. The van der Waals surface area contributed by atoms with Crippen LogP contribution in [0.25, 0.3) is 0 Å². The van der Waals surface area contributed by atoms with Crippen molar-refractivity contribution >= 4 is 5.82 Å². The van der Waals surface area contributed by atoms with Gasteiger partial charge in [0.25, 0.3) is 0 Å². The molecule has 0 radical (unpaired) electrons. The quantitative estimate of drug-likeness (QED) is 0.830. The number of ether oxygens (including phenoxy) is 1. The molecule has 0 aromatic carbocycles. The molecule has 1 aliphatic carbocycles. The Balaban J connectivity index is 1.90. The van der Waals surface area contributed by atoms with Gasteiger partial charge in [0.05, 0.1) is 0 Å². The molecule has 0 spiro atoms. The molecule has 20 heavy (non-hydrogen) atoms. The van der Waals surface area contributed by atoms with Gasteiger partial charge in [0, 0.05) is 30.6 Å². The molecular weight excluding hydrogens is 252 g/mol. The summed E-state index contributed by atoms with van der Waals surface area (Å²) in [5.74, 6) is 2.43. The van der Waals surface area contributed by atoms with E-state index < -0.39 is 0 Å². The summed E-state index contributed by atoms with van der Waals surface area (Å²) in [4.78, 5) is 11.1. The second kappa shape index (κ2) is 6.39. The molecule has 2 N–H and O–H groups in total. The molecule has 112 valence electrons. The molecule has 1 aromatic heterocycles. The highest BCUT2D eigenvalue weighted by molar-refractivity contribution is 5.34. The number of nitrogens with zero attached hydrogens (tertiary/aromatic N) is 3. The molecule has 0 saturated heterocycles. The standard InChI is InChI=1S/C15H26N4O/c1-10(2)19(11(3)4)7-8-20-14-9-13(16)17-15(18-14)12-5-6-12/h9-12H,5-8H2,1-4H3,(H2,16,17,18). The number of nitrogens with two attached hydrogens (primary N) is 1. The Bertz CT molecular complexity index is 435. The van der Waals surface area contributed by atoms with Gasteiger partial charge in [-0.1, -0.05) is 0 Å². The maximum atomic E-state index is 5.81. The third-order valence-corrected chi connectivity index (χ3v) is 3.61. The topological polar surface area (TPSA) is 64.3 Å². The third kappa shape index (κ3) is 4.07. The molecule has 1 saturated carbocycles. The minimum atomic E-state index is 0.490. The van der Waals surface area contributed by atoms with Crippen LogP contribution in [-0.4, -0.2) is 40.1 Å². The van der Waals surface area contributed by atoms with Crippen molar-refractivity contribution in [2.45, 2.75) is 58.5 Å². The van der Waals surface area contributed by atoms with Crippen molar-refractivity contribution in [3.63, 3.8) is 0 Å². The molecule has 0 aliphatic heterocycles. The summed E-state index contributed by atoms with van der Waals surface area (Å²) in [5.41, 5.74) is 5.81. The summed E-state index contributed by atoms with van der Waals surface area (Å²) >= 11 is 0. The van der Waals surface area contributed by atoms with Crippen molar-refractivity contribution in [1.82, 2.24) is 14.9 Å². The van der Waals surface area contributed by atoms with Crippen LogP contribution in [0.3, 0.4) is 0 Å². The molecule has 5 heteroatoms. The number of anilines is 1. The van der Waals surface area contributed by atoms with Crippen molar-refractivity contribution in [3.8, 4) is 5.88 Å². The van der Waals surface area contributed by atoms with E-state index in [0.29, 0.717) is 36.3 Å². The number of hydrogen-bond donors (Lipinski definition) is 1. The highest BCUT2D eigenvalue weighted by Crippen LogP contribution is 2.38. The van der Waals surface area contributed by atoms with Gasteiger partial charge in [-0.25, -0.2) is 4.98 Å². The van der Waals surface area contributed by atoms with E-state index in [1.165, 1.54) is 0 Å². The van der Waals surface area contributed by atoms with Crippen LogP contribution < -0.4 is 10.5 Å². The number of hydrogen-bond acceptors (Lipinski definition) is 5. The molecular formula is C15H26N4O. The number of aromatic nitrogens is 2. The van der Waals surface area contributed by atoms with E-state index >= 15 is 0 Å². The van der Waals surface area contributed by atoms with Crippen molar-refractivity contribution in [2.75, 3.05) is 18.9 Å². The number of rotatable bonds is 7. The molecule has 1 aromatic rings. The Morgan fingerprint density at radius 2 is 1.90 bits per heavy atom. The predicted molar refractivity (Wildman–Crippen MR) is 80.9 cm³/mol. The van der Waals surface area contributed by atoms with Gasteiger partial charge in [0.1, 0.15) is 18.2 Å². The van der Waals surface area contributed by atoms with Gasteiger partial charge in [-0.05, 0) is 40.5 Å². The summed E-state index contributed by atoms with van der Waals surface area (Å²) in [5, 5.41) is 0. The molecule has 0 bridgehead atoms. The normalized spacial score (nSPS) is 15.3. The Kier molecular flexibility index (Phi) is 4.81. The van der Waals surface area contributed by atoms with Crippen LogP contribution in [-0.2, 0) is 0 Å². The first kappa shape index (κ1) is 15.0. The first-order valence-electron chi connectivity index (χ1n) is 7.50. The summed E-state index contributed by atoms with van der Waals surface area (Å²) in [6, 6.07) is 2.73. The molecule has 2 rings (SSSR count). The van der Waals surface area contributed by atoms with Crippen molar-refractivity contribution < 1.29 is 4.74 Å². The Hall–Kier alpha value is -1.36. The summed E-state index contributed by atoms with van der Waals surface area (Å²) in [6.07, 6.45) is 2.33. The van der Waals surface area contributed by atoms with E-state index in [9.17, 15) is 0 Å². The smallest absolute Gasteiger partial charge is 0.218 e. The predicted octanol–water partition coefficient (Wildman–Crippen LogP) is 2.43. The van der Waals surface area contributed by atoms with Crippen LogP contribution in [0.4, 0.5) is 5.82 Å². The van der Waals surface area contributed by atoms with Gasteiger partial charge >= 0.3 is 0 Å². The zero-order valence-electron chi connectivity index (χ0n) is 13.0. The molecule has 0 unspecified atom stereocenters. The van der Waals surface area contributed by atoms with Crippen LogP contribution in [0.5, 0.6) is 5.88 Å². The van der Waals surface area contributed by atoms with E-state index in [2.05, 4.69) is 42.6 Å². The summed E-state index contributed by atoms with van der Waals surface area (Å²) in [6.45, 7) is 10.3. The van der Waals surface area contributed by atoms with Crippen LogP contribution in [0.15, 0.2) is 6.07 Å². The highest BCUT2D eigenvalue weighted by atomic mass is 16.5. The Morgan fingerprint density at radius 3 is 2.45 bits per heavy atom. The third-order valence-electron chi connectivity index (χ3n) is 3.61. The van der Waals surface area contributed by atoms with Crippen LogP contribution in [0.1, 0.15) is 52.3 Å². The molecule has 0 amide bonds. The van der Waals surface area contributed by atoms with E-state index in [0.717, 1.165) is 25.2 Å². The maximum Gasteiger partial charge on any atom is 0.218 e.